The van der Waals surface area contributed by atoms with Gasteiger partial charge in [0.15, 0.2) is 0 Å². The first-order valence-electron chi connectivity index (χ1n) is 6.20. The van der Waals surface area contributed by atoms with Crippen LogP contribution in [0.4, 0.5) is 0 Å². The fourth-order valence-electron chi connectivity index (χ4n) is 2.47. The first-order chi connectivity index (χ1) is 7.48. The van der Waals surface area contributed by atoms with Crippen molar-refractivity contribution < 1.29 is 5.11 Å². The number of rotatable bonds is 3. The van der Waals surface area contributed by atoms with Gasteiger partial charge in [-0.2, -0.15) is 0 Å². The van der Waals surface area contributed by atoms with Gasteiger partial charge >= 0.3 is 0 Å². The highest BCUT2D eigenvalue weighted by Crippen LogP contribution is 2.42. The van der Waals surface area contributed by atoms with E-state index in [2.05, 4.69) is 43.9 Å². The fourth-order valence-corrected chi connectivity index (χ4v) is 3.63. The topological polar surface area (TPSA) is 20.2 Å². The van der Waals surface area contributed by atoms with Crippen molar-refractivity contribution in [2.45, 2.75) is 44.3 Å². The van der Waals surface area contributed by atoms with Gasteiger partial charge < -0.3 is 5.11 Å². The molecule has 1 nitrogen and oxygen atoms in total. The summed E-state index contributed by atoms with van der Waals surface area (Å²) in [5.74, 6) is 0. The standard InChI is InChI=1S/C14H22OSi/c1-16(2,3)13-7-5-12(6-8-13)14(11-15)9-4-10-14/h5-8,15H,4,9-11H2,1-3H3. The van der Waals surface area contributed by atoms with E-state index in [9.17, 15) is 5.11 Å². The minimum Gasteiger partial charge on any atom is -0.395 e. The van der Waals surface area contributed by atoms with E-state index in [0.29, 0.717) is 6.61 Å². The Morgan fingerprint density at radius 3 is 2.00 bits per heavy atom. The number of aliphatic hydroxyl groups is 1. The van der Waals surface area contributed by atoms with Crippen LogP contribution < -0.4 is 5.19 Å². The second-order valence-electron chi connectivity index (χ2n) is 6.12. The van der Waals surface area contributed by atoms with E-state index < -0.39 is 8.07 Å². The average Bonchev–Trinajstić information content (AvgIpc) is 2.16. The van der Waals surface area contributed by atoms with Gasteiger partial charge in [-0.3, -0.25) is 0 Å². The quantitative estimate of drug-likeness (QED) is 0.797. The predicted octanol–water partition coefficient (Wildman–Crippen LogP) is 2.65. The lowest BCUT2D eigenvalue weighted by Crippen LogP contribution is -2.40. The highest BCUT2D eigenvalue weighted by molar-refractivity contribution is 6.88. The molecule has 1 aliphatic rings. The van der Waals surface area contributed by atoms with Crippen LogP contribution in [0.25, 0.3) is 0 Å². The van der Waals surface area contributed by atoms with E-state index in [1.165, 1.54) is 17.2 Å². The molecule has 0 unspecified atom stereocenters. The largest absolute Gasteiger partial charge is 0.395 e. The zero-order chi connectivity index (χ0) is 11.8. The number of aliphatic hydroxyl groups excluding tert-OH is 1. The normalized spacial score (nSPS) is 19.2. The molecule has 1 N–H and O–H groups in total. The summed E-state index contributed by atoms with van der Waals surface area (Å²) in [6.07, 6.45) is 3.56. The summed E-state index contributed by atoms with van der Waals surface area (Å²) in [7, 11) is -1.18. The smallest absolute Gasteiger partial charge is 0.0775 e. The molecule has 0 aromatic heterocycles. The maximum absolute atomic E-state index is 9.53. The van der Waals surface area contributed by atoms with Gasteiger partial charge in [0, 0.05) is 5.41 Å². The van der Waals surface area contributed by atoms with Crippen LogP contribution in [0.2, 0.25) is 19.6 Å². The molecule has 1 aromatic rings. The van der Waals surface area contributed by atoms with Gasteiger partial charge in [0.1, 0.15) is 0 Å². The summed E-state index contributed by atoms with van der Waals surface area (Å²) in [5.41, 5.74) is 1.43. The van der Waals surface area contributed by atoms with E-state index >= 15 is 0 Å². The van der Waals surface area contributed by atoms with Crippen molar-refractivity contribution >= 4 is 13.3 Å². The van der Waals surface area contributed by atoms with Crippen molar-refractivity contribution in [3.05, 3.63) is 29.8 Å². The van der Waals surface area contributed by atoms with Crippen LogP contribution in [0.5, 0.6) is 0 Å². The maximum Gasteiger partial charge on any atom is 0.0775 e. The van der Waals surface area contributed by atoms with Gasteiger partial charge in [0.2, 0.25) is 0 Å². The summed E-state index contributed by atoms with van der Waals surface area (Å²) in [6, 6.07) is 9.03. The Hall–Kier alpha value is -0.603. The Bertz CT molecular complexity index is 352. The lowest BCUT2D eigenvalue weighted by molar-refractivity contribution is 0.120. The first-order valence-corrected chi connectivity index (χ1v) is 9.70. The molecule has 1 aliphatic carbocycles. The third-order valence-electron chi connectivity index (χ3n) is 3.98. The van der Waals surface area contributed by atoms with Gasteiger partial charge in [0.05, 0.1) is 14.7 Å². The summed E-state index contributed by atoms with van der Waals surface area (Å²) < 4.78 is 0. The van der Waals surface area contributed by atoms with Crippen LogP contribution in [-0.2, 0) is 5.41 Å². The van der Waals surface area contributed by atoms with E-state index in [0.717, 1.165) is 12.8 Å². The third-order valence-corrected chi connectivity index (χ3v) is 6.04. The number of hydrogen-bond acceptors (Lipinski definition) is 1. The molecule has 2 rings (SSSR count). The molecule has 1 fully saturated rings. The van der Waals surface area contributed by atoms with Crippen LogP contribution in [0.15, 0.2) is 24.3 Å². The summed E-state index contributed by atoms with van der Waals surface area (Å²) in [5, 5.41) is 11.0. The van der Waals surface area contributed by atoms with Gasteiger partial charge in [-0.1, -0.05) is 55.5 Å². The van der Waals surface area contributed by atoms with Crippen molar-refractivity contribution in [2.24, 2.45) is 0 Å². The Morgan fingerprint density at radius 1 is 1.12 bits per heavy atom. The van der Waals surface area contributed by atoms with Crippen LogP contribution >= 0.6 is 0 Å². The van der Waals surface area contributed by atoms with E-state index in [4.69, 9.17) is 0 Å². The van der Waals surface area contributed by atoms with Gasteiger partial charge in [-0.15, -0.1) is 0 Å². The van der Waals surface area contributed by atoms with Crippen LogP contribution in [-0.4, -0.2) is 19.8 Å². The maximum atomic E-state index is 9.53. The highest BCUT2D eigenvalue weighted by Gasteiger charge is 2.37. The zero-order valence-electron chi connectivity index (χ0n) is 10.6. The molecule has 0 saturated heterocycles. The molecule has 1 aromatic carbocycles. The lowest BCUT2D eigenvalue weighted by atomic mass is 9.65. The minimum atomic E-state index is -1.18. The Balaban J connectivity index is 2.26. The molecule has 88 valence electrons. The second kappa shape index (κ2) is 4.01. The molecule has 0 bridgehead atoms. The molecule has 0 amide bonds. The van der Waals surface area contributed by atoms with Crippen LogP contribution in [0, 0.1) is 0 Å². The highest BCUT2D eigenvalue weighted by atomic mass is 28.3. The molecule has 16 heavy (non-hydrogen) atoms. The number of benzene rings is 1. The summed E-state index contributed by atoms with van der Waals surface area (Å²) in [6.45, 7) is 7.41. The third kappa shape index (κ3) is 1.96. The molecule has 0 radical (unpaired) electrons. The van der Waals surface area contributed by atoms with E-state index in [-0.39, 0.29) is 5.41 Å². The summed E-state index contributed by atoms with van der Waals surface area (Å²) >= 11 is 0. The monoisotopic (exact) mass is 234 g/mol. The molecular formula is C14H22OSi. The van der Waals surface area contributed by atoms with Crippen molar-refractivity contribution in [3.63, 3.8) is 0 Å². The van der Waals surface area contributed by atoms with Crippen molar-refractivity contribution in [1.29, 1.82) is 0 Å². The fraction of sp³-hybridized carbons (Fsp3) is 0.571. The lowest BCUT2D eigenvalue weighted by Gasteiger charge is -2.41. The van der Waals surface area contributed by atoms with Gasteiger partial charge in [-0.05, 0) is 18.4 Å². The minimum absolute atomic E-state index is 0.0952. The second-order valence-corrected chi connectivity index (χ2v) is 11.2. The van der Waals surface area contributed by atoms with Crippen LogP contribution in [0.1, 0.15) is 24.8 Å². The predicted molar refractivity (Wildman–Crippen MR) is 72.0 cm³/mol. The van der Waals surface area contributed by atoms with Crippen molar-refractivity contribution in [3.8, 4) is 0 Å². The molecule has 0 spiro atoms. The zero-order valence-corrected chi connectivity index (χ0v) is 11.6. The molecule has 0 heterocycles. The Kier molecular flexibility index (Phi) is 2.97. The molecule has 2 heteroatoms. The van der Waals surface area contributed by atoms with Gasteiger partial charge in [0.25, 0.3) is 0 Å². The Labute approximate surface area is 99.5 Å². The Morgan fingerprint density at radius 2 is 1.69 bits per heavy atom. The molecule has 0 aliphatic heterocycles. The first kappa shape index (κ1) is 11.9. The average molecular weight is 234 g/mol. The van der Waals surface area contributed by atoms with E-state index in [1.807, 2.05) is 0 Å². The summed E-state index contributed by atoms with van der Waals surface area (Å²) in [4.78, 5) is 0. The van der Waals surface area contributed by atoms with E-state index in [1.54, 1.807) is 0 Å². The van der Waals surface area contributed by atoms with Crippen LogP contribution in [0.3, 0.4) is 0 Å². The van der Waals surface area contributed by atoms with Crippen molar-refractivity contribution in [1.82, 2.24) is 0 Å². The van der Waals surface area contributed by atoms with Gasteiger partial charge in [-0.25, -0.2) is 0 Å². The molecule has 0 atom stereocenters. The molecular weight excluding hydrogens is 212 g/mol. The number of hydrogen-bond donors (Lipinski definition) is 1. The van der Waals surface area contributed by atoms with Crippen molar-refractivity contribution in [2.75, 3.05) is 6.61 Å². The molecule has 1 saturated carbocycles. The SMILES string of the molecule is C[Si](C)(C)c1ccc(C2(CO)CCC2)cc1.